The Morgan fingerprint density at radius 1 is 0.889 bits per heavy atom. The Kier molecular flexibility index (Phi) is 6.39. The minimum Gasteiger partial charge on any atom is -0.389 e. The molecule has 0 spiro atoms. The molecule has 0 amide bonds. The van der Waals surface area contributed by atoms with Crippen molar-refractivity contribution in [2.24, 2.45) is 28.6 Å². The highest BCUT2D eigenvalue weighted by Gasteiger charge is 2.72. The molecular weight excluding hydrogens is 446 g/mol. The Balaban J connectivity index is 1.17. The van der Waals surface area contributed by atoms with Crippen LogP contribution in [0.1, 0.15) is 95.6 Å². The zero-order valence-corrected chi connectivity index (χ0v) is 23.0. The fourth-order valence-corrected chi connectivity index (χ4v) is 10.0. The van der Waals surface area contributed by atoms with Crippen LogP contribution >= 0.6 is 0 Å². The van der Waals surface area contributed by atoms with Gasteiger partial charge in [0.15, 0.2) is 0 Å². The lowest BCUT2D eigenvalue weighted by Crippen LogP contribution is -2.64. The van der Waals surface area contributed by atoms with E-state index in [0.717, 1.165) is 44.4 Å². The molecule has 6 rings (SSSR count). The second-order valence-electron chi connectivity index (χ2n) is 13.8. The molecule has 1 heterocycles. The molecule has 0 bridgehead atoms. The number of likely N-dealkylation sites (tertiary alicyclic amines) is 1. The smallest absolute Gasteiger partial charge is 0.0978 e. The lowest BCUT2D eigenvalue weighted by atomic mass is 9.43. The summed E-state index contributed by atoms with van der Waals surface area (Å²) in [4.78, 5) is 2.55. The predicted molar refractivity (Wildman–Crippen MR) is 144 cm³/mol. The summed E-state index contributed by atoms with van der Waals surface area (Å²) >= 11 is 0. The van der Waals surface area contributed by atoms with Crippen LogP contribution in [0.2, 0.25) is 0 Å². The molecule has 1 aromatic rings. The predicted octanol–water partition coefficient (Wildman–Crippen LogP) is 5.82. The Morgan fingerprint density at radius 3 is 2.39 bits per heavy atom. The van der Waals surface area contributed by atoms with E-state index in [1.807, 2.05) is 0 Å². The highest BCUT2D eigenvalue weighted by atomic mass is 16.5. The van der Waals surface area contributed by atoms with Gasteiger partial charge in [0.25, 0.3) is 0 Å². The quantitative estimate of drug-likeness (QED) is 0.540. The molecule has 1 aliphatic heterocycles. The van der Waals surface area contributed by atoms with Gasteiger partial charge in [-0.2, -0.15) is 0 Å². The number of ether oxygens (including phenoxy) is 1. The molecule has 0 unspecified atom stereocenters. The molecule has 1 saturated heterocycles. The first-order valence-corrected chi connectivity index (χ1v) is 15.1. The molecule has 5 fully saturated rings. The molecule has 4 nitrogen and oxygen atoms in total. The average Bonchev–Trinajstić information content (AvgIpc) is 3.46. The molecule has 2 N–H and O–H groups in total. The van der Waals surface area contributed by atoms with E-state index in [-0.39, 0.29) is 0 Å². The van der Waals surface area contributed by atoms with Crippen LogP contribution in [-0.2, 0) is 10.3 Å². The van der Waals surface area contributed by atoms with Gasteiger partial charge in [-0.05, 0) is 119 Å². The van der Waals surface area contributed by atoms with E-state index in [1.165, 1.54) is 57.2 Å². The number of benzene rings is 1. The second kappa shape index (κ2) is 9.07. The summed E-state index contributed by atoms with van der Waals surface area (Å²) in [5, 5.41) is 24.7. The third-order valence-corrected chi connectivity index (χ3v) is 12.4. The standard InChI is InChI=1S/C32H49NO3/c1-23-6-8-24(9-7-23)31(34)16-17-32(35)28-11-10-25-22-26(36-21-20-33-18-4-5-19-33)12-14-29(25,2)27(28)13-15-30(31,32)3/h6-9,25-28,34-35H,4-5,10-22H2,1-3H3/t25-,26+,27+,28-,29+,30-,31+,32+/m1/s1. The SMILES string of the molecule is Cc1ccc([C@@]2(O)CC[C@]3(O)[C@@H]4CC[C@@H]5C[C@@H](OCCN6CCCC6)CC[C@]5(C)[C@H]4CC[C@]23C)cc1. The number of fused-ring (bicyclic) bond motifs is 5. The fraction of sp³-hybridized carbons (Fsp3) is 0.812. The van der Waals surface area contributed by atoms with Crippen LogP contribution in [-0.4, -0.2) is 53.1 Å². The van der Waals surface area contributed by atoms with Crippen molar-refractivity contribution in [3.8, 4) is 0 Å². The number of hydrogen-bond donors (Lipinski definition) is 2. The largest absolute Gasteiger partial charge is 0.389 e. The lowest BCUT2D eigenvalue weighted by molar-refractivity contribution is -0.239. The molecule has 200 valence electrons. The van der Waals surface area contributed by atoms with Crippen molar-refractivity contribution in [2.45, 2.75) is 109 Å². The van der Waals surface area contributed by atoms with E-state index >= 15 is 0 Å². The van der Waals surface area contributed by atoms with Gasteiger partial charge in [0.1, 0.15) is 0 Å². The van der Waals surface area contributed by atoms with Crippen molar-refractivity contribution in [1.29, 1.82) is 0 Å². The minimum absolute atomic E-state index is 0.291. The van der Waals surface area contributed by atoms with Gasteiger partial charge in [-0.15, -0.1) is 0 Å². The lowest BCUT2D eigenvalue weighted by Gasteiger charge is -2.64. The maximum atomic E-state index is 12.5. The van der Waals surface area contributed by atoms with Crippen LogP contribution in [0.3, 0.4) is 0 Å². The van der Waals surface area contributed by atoms with Gasteiger partial charge < -0.3 is 19.8 Å². The van der Waals surface area contributed by atoms with Gasteiger partial charge in [-0.25, -0.2) is 0 Å². The van der Waals surface area contributed by atoms with Crippen molar-refractivity contribution in [1.82, 2.24) is 4.90 Å². The highest BCUT2D eigenvalue weighted by molar-refractivity contribution is 5.34. The first-order valence-electron chi connectivity index (χ1n) is 15.1. The van der Waals surface area contributed by atoms with Crippen LogP contribution in [0.4, 0.5) is 0 Å². The van der Waals surface area contributed by atoms with Gasteiger partial charge in [0, 0.05) is 12.0 Å². The van der Waals surface area contributed by atoms with E-state index in [0.29, 0.717) is 35.7 Å². The Bertz CT molecular complexity index is 943. The molecule has 36 heavy (non-hydrogen) atoms. The van der Waals surface area contributed by atoms with E-state index < -0.39 is 16.6 Å². The number of aliphatic hydroxyl groups is 2. The highest BCUT2D eigenvalue weighted by Crippen LogP contribution is 2.71. The van der Waals surface area contributed by atoms with Crippen LogP contribution < -0.4 is 0 Å². The Labute approximate surface area is 218 Å². The fourth-order valence-electron chi connectivity index (χ4n) is 10.0. The van der Waals surface area contributed by atoms with E-state index in [1.54, 1.807) is 0 Å². The van der Waals surface area contributed by atoms with Crippen molar-refractivity contribution < 1.29 is 14.9 Å². The third-order valence-electron chi connectivity index (χ3n) is 12.4. The first kappa shape index (κ1) is 25.3. The van der Waals surface area contributed by atoms with Gasteiger partial charge in [-0.1, -0.05) is 43.7 Å². The first-order chi connectivity index (χ1) is 17.2. The van der Waals surface area contributed by atoms with Gasteiger partial charge >= 0.3 is 0 Å². The number of nitrogens with zero attached hydrogens (tertiary/aromatic N) is 1. The summed E-state index contributed by atoms with van der Waals surface area (Å²) in [6.07, 6.45) is 12.4. The maximum Gasteiger partial charge on any atom is 0.0978 e. The number of aryl methyl sites for hydroxylation is 1. The van der Waals surface area contributed by atoms with Crippen molar-refractivity contribution in [2.75, 3.05) is 26.2 Å². The van der Waals surface area contributed by atoms with Crippen molar-refractivity contribution >= 4 is 0 Å². The molecule has 4 saturated carbocycles. The van der Waals surface area contributed by atoms with Crippen LogP contribution in [0.25, 0.3) is 0 Å². The summed E-state index contributed by atoms with van der Waals surface area (Å²) < 4.78 is 6.44. The molecule has 8 atom stereocenters. The molecule has 4 aliphatic carbocycles. The molecular formula is C32H49NO3. The van der Waals surface area contributed by atoms with Crippen LogP contribution in [0.5, 0.6) is 0 Å². The summed E-state index contributed by atoms with van der Waals surface area (Å²) in [6, 6.07) is 8.42. The Morgan fingerprint density at radius 2 is 1.64 bits per heavy atom. The van der Waals surface area contributed by atoms with Crippen LogP contribution in [0, 0.1) is 35.5 Å². The van der Waals surface area contributed by atoms with Crippen LogP contribution in [0.15, 0.2) is 24.3 Å². The second-order valence-corrected chi connectivity index (χ2v) is 13.8. The summed E-state index contributed by atoms with van der Waals surface area (Å²) in [7, 11) is 0. The topological polar surface area (TPSA) is 52.9 Å². The Hall–Kier alpha value is -0.940. The maximum absolute atomic E-state index is 12.5. The van der Waals surface area contributed by atoms with Gasteiger partial charge in [-0.3, -0.25) is 0 Å². The number of rotatable bonds is 5. The summed E-state index contributed by atoms with van der Waals surface area (Å²) in [5.41, 5.74) is 0.281. The van der Waals surface area contributed by atoms with E-state index in [9.17, 15) is 10.2 Å². The van der Waals surface area contributed by atoms with E-state index in [4.69, 9.17) is 4.74 Å². The molecule has 4 heteroatoms. The third kappa shape index (κ3) is 3.68. The average molecular weight is 496 g/mol. The van der Waals surface area contributed by atoms with Crippen molar-refractivity contribution in [3.05, 3.63) is 35.4 Å². The minimum atomic E-state index is -0.945. The van der Waals surface area contributed by atoms with E-state index in [2.05, 4.69) is 49.9 Å². The summed E-state index contributed by atoms with van der Waals surface area (Å²) in [6.45, 7) is 11.3. The van der Waals surface area contributed by atoms with Gasteiger partial charge in [0.05, 0.1) is 23.9 Å². The van der Waals surface area contributed by atoms with Crippen molar-refractivity contribution in [3.63, 3.8) is 0 Å². The molecule has 5 aliphatic rings. The normalized spacial score (nSPS) is 46.8. The summed E-state index contributed by atoms with van der Waals surface area (Å²) in [5.74, 6) is 1.56. The molecule has 1 aromatic carbocycles. The monoisotopic (exact) mass is 495 g/mol. The molecule has 0 radical (unpaired) electrons. The van der Waals surface area contributed by atoms with Gasteiger partial charge in [0.2, 0.25) is 0 Å². The zero-order valence-electron chi connectivity index (χ0n) is 23.0. The molecule has 0 aromatic heterocycles. The number of hydrogen-bond acceptors (Lipinski definition) is 4. The zero-order chi connectivity index (χ0) is 25.2.